The summed E-state index contributed by atoms with van der Waals surface area (Å²) in [6, 6.07) is 5.89. The van der Waals surface area contributed by atoms with E-state index in [-0.39, 0.29) is 6.61 Å². The number of halogens is 1. The molecule has 0 saturated heterocycles. The number of rotatable bonds is 8. The van der Waals surface area contributed by atoms with E-state index in [0.29, 0.717) is 13.2 Å². The van der Waals surface area contributed by atoms with Crippen LogP contribution in [0.15, 0.2) is 22.7 Å². The lowest BCUT2D eigenvalue weighted by Crippen LogP contribution is -2.23. The predicted octanol–water partition coefficient (Wildman–Crippen LogP) is 1.94. The summed E-state index contributed by atoms with van der Waals surface area (Å²) in [6.45, 7) is 3.83. The van der Waals surface area contributed by atoms with Crippen LogP contribution in [0, 0.1) is 0 Å². The average Bonchev–Trinajstić information content (AvgIpc) is 2.35. The average molecular weight is 318 g/mol. The van der Waals surface area contributed by atoms with Crippen molar-refractivity contribution < 1.29 is 14.6 Å². The zero-order valence-electron chi connectivity index (χ0n) is 10.8. The van der Waals surface area contributed by atoms with Crippen molar-refractivity contribution >= 4 is 15.9 Å². The third kappa shape index (κ3) is 5.35. The molecule has 0 amide bonds. The molecule has 5 heteroatoms. The topological polar surface area (TPSA) is 50.7 Å². The van der Waals surface area contributed by atoms with Crippen molar-refractivity contribution in [3.63, 3.8) is 0 Å². The van der Waals surface area contributed by atoms with Gasteiger partial charge in [-0.2, -0.15) is 0 Å². The first-order valence-corrected chi connectivity index (χ1v) is 6.78. The summed E-state index contributed by atoms with van der Waals surface area (Å²) in [5.41, 5.74) is 1.17. The Morgan fingerprint density at radius 1 is 1.39 bits per heavy atom. The minimum atomic E-state index is -0.603. The summed E-state index contributed by atoms with van der Waals surface area (Å²) >= 11 is 3.45. The highest BCUT2D eigenvalue weighted by Crippen LogP contribution is 2.26. The van der Waals surface area contributed by atoms with E-state index in [1.54, 1.807) is 0 Å². The molecule has 0 aliphatic carbocycles. The Bertz CT molecular complexity index is 360. The number of aliphatic hydroxyl groups is 1. The van der Waals surface area contributed by atoms with Crippen LogP contribution in [0.1, 0.15) is 12.5 Å². The molecule has 0 aliphatic heterocycles. The zero-order chi connectivity index (χ0) is 13.4. The van der Waals surface area contributed by atoms with Crippen molar-refractivity contribution in [2.45, 2.75) is 19.6 Å². The van der Waals surface area contributed by atoms with Gasteiger partial charge in [0.05, 0.1) is 11.1 Å². The molecule has 0 radical (unpaired) electrons. The van der Waals surface area contributed by atoms with Crippen LogP contribution < -0.4 is 10.1 Å². The summed E-state index contributed by atoms with van der Waals surface area (Å²) in [5, 5.41) is 12.7. The third-order valence-electron chi connectivity index (χ3n) is 2.32. The Hall–Kier alpha value is -0.620. The van der Waals surface area contributed by atoms with Gasteiger partial charge in [-0.3, -0.25) is 0 Å². The molecule has 0 heterocycles. The van der Waals surface area contributed by atoms with Gasteiger partial charge < -0.3 is 19.9 Å². The van der Waals surface area contributed by atoms with E-state index in [1.807, 2.05) is 32.2 Å². The second-order valence-electron chi connectivity index (χ2n) is 3.92. The molecule has 4 nitrogen and oxygen atoms in total. The minimum Gasteiger partial charge on any atom is -0.490 e. The number of hydrogen-bond acceptors (Lipinski definition) is 4. The number of ether oxygens (including phenoxy) is 2. The lowest BCUT2D eigenvalue weighted by atomic mass is 10.2. The molecular weight excluding hydrogens is 298 g/mol. The van der Waals surface area contributed by atoms with Crippen molar-refractivity contribution in [2.24, 2.45) is 0 Å². The fraction of sp³-hybridized carbons (Fsp3) is 0.538. The van der Waals surface area contributed by atoms with Crippen LogP contribution in [-0.4, -0.2) is 38.1 Å². The Labute approximate surface area is 116 Å². The summed E-state index contributed by atoms with van der Waals surface area (Å²) in [7, 11) is 1.91. The van der Waals surface area contributed by atoms with Gasteiger partial charge >= 0.3 is 0 Å². The van der Waals surface area contributed by atoms with Gasteiger partial charge in [-0.05, 0) is 47.6 Å². The lowest BCUT2D eigenvalue weighted by Gasteiger charge is -2.13. The quantitative estimate of drug-likeness (QED) is 0.769. The molecule has 1 unspecified atom stereocenters. The smallest absolute Gasteiger partial charge is 0.133 e. The summed E-state index contributed by atoms with van der Waals surface area (Å²) < 4.78 is 11.5. The maximum Gasteiger partial charge on any atom is 0.133 e. The number of aliphatic hydroxyl groups excluding tert-OH is 1. The first-order valence-electron chi connectivity index (χ1n) is 5.99. The zero-order valence-corrected chi connectivity index (χ0v) is 12.4. The van der Waals surface area contributed by atoms with Gasteiger partial charge in [0.2, 0.25) is 0 Å². The van der Waals surface area contributed by atoms with Crippen molar-refractivity contribution in [3.05, 3.63) is 28.2 Å². The molecule has 0 aliphatic rings. The molecule has 1 rings (SSSR count). The van der Waals surface area contributed by atoms with Gasteiger partial charge in [-0.15, -0.1) is 0 Å². The van der Waals surface area contributed by atoms with Crippen molar-refractivity contribution in [2.75, 3.05) is 26.9 Å². The highest BCUT2D eigenvalue weighted by atomic mass is 79.9. The highest BCUT2D eigenvalue weighted by Gasteiger charge is 2.07. The van der Waals surface area contributed by atoms with Crippen LogP contribution in [0.25, 0.3) is 0 Å². The van der Waals surface area contributed by atoms with Crippen molar-refractivity contribution in [1.29, 1.82) is 0 Å². The van der Waals surface area contributed by atoms with E-state index in [0.717, 1.165) is 16.8 Å². The SMILES string of the molecule is CCOCC(O)COc1ccc(CNC)cc1Br. The van der Waals surface area contributed by atoms with E-state index in [2.05, 4.69) is 21.2 Å². The number of nitrogens with one attached hydrogen (secondary N) is 1. The summed E-state index contributed by atoms with van der Waals surface area (Å²) in [5.74, 6) is 0.727. The normalized spacial score (nSPS) is 12.4. The summed E-state index contributed by atoms with van der Waals surface area (Å²) in [4.78, 5) is 0. The van der Waals surface area contributed by atoms with E-state index in [9.17, 15) is 5.11 Å². The molecule has 1 aromatic carbocycles. The largest absolute Gasteiger partial charge is 0.490 e. The lowest BCUT2D eigenvalue weighted by molar-refractivity contribution is 0.0163. The van der Waals surface area contributed by atoms with Crippen LogP contribution in [0.3, 0.4) is 0 Å². The van der Waals surface area contributed by atoms with Crippen LogP contribution in [0.5, 0.6) is 5.75 Å². The van der Waals surface area contributed by atoms with Gasteiger partial charge in [0.15, 0.2) is 0 Å². The molecule has 1 atom stereocenters. The van der Waals surface area contributed by atoms with E-state index in [4.69, 9.17) is 9.47 Å². The summed E-state index contributed by atoms with van der Waals surface area (Å²) in [6.07, 6.45) is -0.603. The molecule has 0 bridgehead atoms. The maximum absolute atomic E-state index is 9.60. The second-order valence-corrected chi connectivity index (χ2v) is 4.77. The second kappa shape index (κ2) is 8.48. The van der Waals surface area contributed by atoms with E-state index in [1.165, 1.54) is 5.56 Å². The molecule has 0 saturated carbocycles. The Morgan fingerprint density at radius 2 is 2.17 bits per heavy atom. The molecule has 0 fully saturated rings. The van der Waals surface area contributed by atoms with Crippen LogP contribution in [0.4, 0.5) is 0 Å². The van der Waals surface area contributed by atoms with Crippen LogP contribution in [0.2, 0.25) is 0 Å². The highest BCUT2D eigenvalue weighted by molar-refractivity contribution is 9.10. The molecule has 0 aromatic heterocycles. The minimum absolute atomic E-state index is 0.226. The first-order chi connectivity index (χ1) is 8.67. The molecule has 18 heavy (non-hydrogen) atoms. The van der Waals surface area contributed by atoms with Gasteiger partial charge in [-0.1, -0.05) is 6.07 Å². The monoisotopic (exact) mass is 317 g/mol. The molecule has 102 valence electrons. The van der Waals surface area contributed by atoms with E-state index < -0.39 is 6.10 Å². The predicted molar refractivity (Wildman–Crippen MR) is 74.9 cm³/mol. The standard InChI is InChI=1S/C13H20BrNO3/c1-3-17-8-11(16)9-18-13-5-4-10(7-15-2)6-12(13)14/h4-6,11,15-16H,3,7-9H2,1-2H3. The Morgan fingerprint density at radius 3 is 2.78 bits per heavy atom. The van der Waals surface area contributed by atoms with Gasteiger partial charge in [0.1, 0.15) is 18.5 Å². The van der Waals surface area contributed by atoms with Gasteiger partial charge in [-0.25, -0.2) is 0 Å². The third-order valence-corrected chi connectivity index (χ3v) is 2.94. The molecule has 2 N–H and O–H groups in total. The number of benzene rings is 1. The van der Waals surface area contributed by atoms with E-state index >= 15 is 0 Å². The maximum atomic E-state index is 9.60. The van der Waals surface area contributed by atoms with Crippen molar-refractivity contribution in [3.8, 4) is 5.75 Å². The van der Waals surface area contributed by atoms with Crippen molar-refractivity contribution in [1.82, 2.24) is 5.32 Å². The Balaban J connectivity index is 2.47. The molecule has 0 spiro atoms. The van der Waals surface area contributed by atoms with Gasteiger partial charge in [0.25, 0.3) is 0 Å². The van der Waals surface area contributed by atoms with Crippen LogP contribution >= 0.6 is 15.9 Å². The molecule has 1 aromatic rings. The fourth-order valence-corrected chi connectivity index (χ4v) is 2.00. The first kappa shape index (κ1) is 15.4. The number of hydrogen-bond donors (Lipinski definition) is 2. The van der Waals surface area contributed by atoms with Gasteiger partial charge in [0, 0.05) is 13.2 Å². The van der Waals surface area contributed by atoms with Crippen LogP contribution in [-0.2, 0) is 11.3 Å². The Kier molecular flexibility index (Phi) is 7.27. The fourth-order valence-electron chi connectivity index (χ4n) is 1.46. The molecular formula is C13H20BrNO3.